The number of rotatable bonds is 5. The molecule has 4 rings (SSSR count). The number of benzene rings is 2. The number of ether oxygens (including phenoxy) is 1. The fourth-order valence-electron chi connectivity index (χ4n) is 3.94. The first-order valence-electron chi connectivity index (χ1n) is 10.1. The first kappa shape index (κ1) is 21.8. The summed E-state index contributed by atoms with van der Waals surface area (Å²) in [5.74, 6) is -1.54. The summed E-state index contributed by atoms with van der Waals surface area (Å²) in [5.41, 5.74) is 1.20. The maximum absolute atomic E-state index is 13.0. The number of aliphatic hydroxyl groups excluding tert-OH is 1. The molecule has 8 heteroatoms. The molecule has 0 spiro atoms. The van der Waals surface area contributed by atoms with Crippen molar-refractivity contribution in [1.29, 1.82) is 0 Å². The van der Waals surface area contributed by atoms with E-state index in [2.05, 4.69) is 4.90 Å². The molecule has 0 aliphatic carbocycles. The van der Waals surface area contributed by atoms with E-state index < -0.39 is 17.7 Å². The van der Waals surface area contributed by atoms with Crippen LogP contribution < -0.4 is 0 Å². The van der Waals surface area contributed by atoms with E-state index in [1.165, 1.54) is 4.90 Å². The molecule has 2 aromatic rings. The van der Waals surface area contributed by atoms with Crippen molar-refractivity contribution in [2.24, 2.45) is 0 Å². The van der Waals surface area contributed by atoms with Gasteiger partial charge in [-0.1, -0.05) is 35.3 Å². The molecular weight excluding hydrogens is 439 g/mol. The summed E-state index contributed by atoms with van der Waals surface area (Å²) in [5, 5.41) is 12.1. The summed E-state index contributed by atoms with van der Waals surface area (Å²) < 4.78 is 5.38. The van der Waals surface area contributed by atoms with Crippen molar-refractivity contribution in [2.75, 3.05) is 39.4 Å². The molecule has 2 aromatic carbocycles. The van der Waals surface area contributed by atoms with Crippen molar-refractivity contribution in [2.45, 2.75) is 6.04 Å². The van der Waals surface area contributed by atoms with Gasteiger partial charge >= 0.3 is 0 Å². The van der Waals surface area contributed by atoms with E-state index in [0.717, 1.165) is 13.1 Å². The van der Waals surface area contributed by atoms with E-state index in [1.807, 2.05) is 0 Å². The van der Waals surface area contributed by atoms with Gasteiger partial charge in [0.15, 0.2) is 0 Å². The summed E-state index contributed by atoms with van der Waals surface area (Å²) >= 11 is 12.0. The minimum Gasteiger partial charge on any atom is -0.507 e. The van der Waals surface area contributed by atoms with Crippen LogP contribution >= 0.6 is 23.2 Å². The number of ketones is 1. The Bertz CT molecular complexity index is 999. The van der Waals surface area contributed by atoms with Gasteiger partial charge in [-0.3, -0.25) is 14.5 Å². The minimum atomic E-state index is -0.700. The third kappa shape index (κ3) is 4.62. The first-order valence-corrected chi connectivity index (χ1v) is 10.8. The van der Waals surface area contributed by atoms with Crippen LogP contribution in [0.5, 0.6) is 0 Å². The van der Waals surface area contributed by atoms with Crippen LogP contribution in [-0.4, -0.2) is 66.0 Å². The highest BCUT2D eigenvalue weighted by molar-refractivity contribution is 6.46. The molecule has 2 fully saturated rings. The Morgan fingerprint density at radius 2 is 1.52 bits per heavy atom. The highest BCUT2D eigenvalue weighted by Gasteiger charge is 2.46. The summed E-state index contributed by atoms with van der Waals surface area (Å²) in [7, 11) is 0. The van der Waals surface area contributed by atoms with Crippen molar-refractivity contribution in [1.82, 2.24) is 9.80 Å². The SMILES string of the molecule is O=C1C(=O)N(CCN2CCOCC2)[C@@H](c2ccc(Cl)cc2)C1=C(O)c1ccc(Cl)cc1. The van der Waals surface area contributed by atoms with Gasteiger partial charge in [-0.05, 0) is 42.0 Å². The van der Waals surface area contributed by atoms with Crippen LogP contribution in [0.4, 0.5) is 0 Å². The fraction of sp³-hybridized carbons (Fsp3) is 0.304. The molecule has 0 aromatic heterocycles. The van der Waals surface area contributed by atoms with Gasteiger partial charge in [0.2, 0.25) is 0 Å². The second-order valence-electron chi connectivity index (χ2n) is 7.50. The second kappa shape index (κ2) is 9.40. The summed E-state index contributed by atoms with van der Waals surface area (Å²) in [6, 6.07) is 12.8. The monoisotopic (exact) mass is 460 g/mol. The highest BCUT2D eigenvalue weighted by Crippen LogP contribution is 2.39. The van der Waals surface area contributed by atoms with Crippen molar-refractivity contribution in [3.05, 3.63) is 75.3 Å². The largest absolute Gasteiger partial charge is 0.507 e. The molecule has 31 heavy (non-hydrogen) atoms. The first-order chi connectivity index (χ1) is 15.0. The van der Waals surface area contributed by atoms with E-state index in [-0.39, 0.29) is 11.3 Å². The smallest absolute Gasteiger partial charge is 0.295 e. The quantitative estimate of drug-likeness (QED) is 0.418. The molecule has 2 aliphatic rings. The van der Waals surface area contributed by atoms with E-state index >= 15 is 0 Å². The van der Waals surface area contributed by atoms with Crippen LogP contribution in [0.25, 0.3) is 5.76 Å². The zero-order chi connectivity index (χ0) is 22.0. The lowest BCUT2D eigenvalue weighted by Gasteiger charge is -2.31. The number of morpholine rings is 1. The number of hydrogen-bond acceptors (Lipinski definition) is 5. The molecule has 6 nitrogen and oxygen atoms in total. The lowest BCUT2D eigenvalue weighted by Crippen LogP contribution is -2.42. The molecule has 0 bridgehead atoms. The van der Waals surface area contributed by atoms with Gasteiger partial charge in [-0.15, -0.1) is 0 Å². The van der Waals surface area contributed by atoms with Crippen LogP contribution in [0.3, 0.4) is 0 Å². The number of aliphatic hydroxyl groups is 1. The highest BCUT2D eigenvalue weighted by atomic mass is 35.5. The maximum Gasteiger partial charge on any atom is 0.295 e. The molecule has 2 aliphatic heterocycles. The van der Waals surface area contributed by atoms with Crippen molar-refractivity contribution in [3.8, 4) is 0 Å². The summed E-state index contributed by atoms with van der Waals surface area (Å²) in [6.45, 7) is 3.82. The molecule has 0 saturated carbocycles. The number of carbonyl (C=O) groups is 2. The predicted molar refractivity (Wildman–Crippen MR) is 119 cm³/mol. The topological polar surface area (TPSA) is 70.1 Å². The van der Waals surface area contributed by atoms with Gasteiger partial charge < -0.3 is 14.7 Å². The molecule has 0 unspecified atom stereocenters. The molecule has 1 amide bonds. The fourth-order valence-corrected chi connectivity index (χ4v) is 4.19. The minimum absolute atomic E-state index is 0.0663. The molecule has 2 saturated heterocycles. The molecule has 1 N–H and O–H groups in total. The van der Waals surface area contributed by atoms with Gasteiger partial charge in [0, 0.05) is 41.8 Å². The standard InChI is InChI=1S/C23H22Cl2N2O4/c24-17-5-1-15(2-6-17)20-19(21(28)16-3-7-18(25)8-4-16)22(29)23(30)27(20)10-9-26-11-13-31-14-12-26/h1-8,20,28H,9-14H2/t20-/m0/s1. The Morgan fingerprint density at radius 1 is 0.935 bits per heavy atom. The van der Waals surface area contributed by atoms with Crippen LogP contribution in [0.15, 0.2) is 54.1 Å². The maximum atomic E-state index is 13.0. The number of nitrogens with zero attached hydrogens (tertiary/aromatic N) is 2. The third-order valence-corrected chi connectivity index (χ3v) is 6.11. The number of halogens is 2. The average Bonchev–Trinajstić information content (AvgIpc) is 3.04. The molecule has 2 heterocycles. The normalized spacial score (nSPS) is 21.6. The van der Waals surface area contributed by atoms with Gasteiger partial charge in [0.1, 0.15) is 5.76 Å². The number of Topliss-reactive ketones (excluding diaryl/α,β-unsaturated/α-hetero) is 1. The van der Waals surface area contributed by atoms with Gasteiger partial charge in [0.05, 0.1) is 24.8 Å². The third-order valence-electron chi connectivity index (χ3n) is 5.60. The van der Waals surface area contributed by atoms with Crippen LogP contribution in [0, 0.1) is 0 Å². The Labute approximate surface area is 190 Å². The van der Waals surface area contributed by atoms with Crippen molar-refractivity contribution < 1.29 is 19.4 Å². The number of likely N-dealkylation sites (tertiary alicyclic amines) is 1. The van der Waals surface area contributed by atoms with E-state index in [4.69, 9.17) is 27.9 Å². The second-order valence-corrected chi connectivity index (χ2v) is 8.38. The lowest BCUT2D eigenvalue weighted by molar-refractivity contribution is -0.140. The zero-order valence-corrected chi connectivity index (χ0v) is 18.3. The summed E-state index contributed by atoms with van der Waals surface area (Å²) in [6.07, 6.45) is 0. The summed E-state index contributed by atoms with van der Waals surface area (Å²) in [4.78, 5) is 29.7. The molecular formula is C23H22Cl2N2O4. The van der Waals surface area contributed by atoms with Crippen LogP contribution in [0.1, 0.15) is 17.2 Å². The van der Waals surface area contributed by atoms with E-state index in [0.29, 0.717) is 47.5 Å². The van der Waals surface area contributed by atoms with Crippen molar-refractivity contribution in [3.63, 3.8) is 0 Å². The number of carbonyl (C=O) groups excluding carboxylic acids is 2. The Balaban J connectivity index is 1.72. The van der Waals surface area contributed by atoms with E-state index in [9.17, 15) is 14.7 Å². The van der Waals surface area contributed by atoms with Crippen LogP contribution in [-0.2, 0) is 14.3 Å². The molecule has 1 atom stereocenters. The Kier molecular flexibility index (Phi) is 6.62. The molecule has 162 valence electrons. The van der Waals surface area contributed by atoms with Gasteiger partial charge in [0.25, 0.3) is 11.7 Å². The van der Waals surface area contributed by atoms with Crippen molar-refractivity contribution >= 4 is 40.7 Å². The van der Waals surface area contributed by atoms with Gasteiger partial charge in [-0.25, -0.2) is 0 Å². The number of amides is 1. The Hall–Kier alpha value is -2.38. The predicted octanol–water partition coefficient (Wildman–Crippen LogP) is 3.75. The van der Waals surface area contributed by atoms with Gasteiger partial charge in [-0.2, -0.15) is 0 Å². The average molecular weight is 461 g/mol. The zero-order valence-electron chi connectivity index (χ0n) is 16.8. The van der Waals surface area contributed by atoms with Crippen LogP contribution in [0.2, 0.25) is 10.0 Å². The van der Waals surface area contributed by atoms with E-state index in [1.54, 1.807) is 48.5 Å². The Morgan fingerprint density at radius 3 is 2.13 bits per heavy atom. The molecule has 0 radical (unpaired) electrons. The number of hydrogen-bond donors (Lipinski definition) is 1. The lowest BCUT2D eigenvalue weighted by atomic mass is 9.95.